The molecule has 0 bridgehead atoms. The van der Waals surface area contributed by atoms with Gasteiger partial charge in [0.05, 0.1) is 0 Å². The zero-order valence-corrected chi connectivity index (χ0v) is 12.1. The van der Waals surface area contributed by atoms with Crippen molar-refractivity contribution in [1.82, 2.24) is 5.32 Å². The van der Waals surface area contributed by atoms with Gasteiger partial charge in [-0.3, -0.25) is 0 Å². The zero-order valence-electron chi connectivity index (χ0n) is 10.5. The number of hydrogen-bond acceptors (Lipinski definition) is 2. The largest absolute Gasteiger partial charge is 0.314 e. The average Bonchev–Trinajstić information content (AvgIpc) is 2.85. The second kappa shape index (κ2) is 6.93. The quantitative estimate of drug-likeness (QED) is 0.837. The molecule has 0 radical (unpaired) electrons. The highest BCUT2D eigenvalue weighted by Crippen LogP contribution is 2.18. The fraction of sp³-hybridized carbons (Fsp3) is 0.333. The molecule has 3 heteroatoms. The normalized spacial score (nSPS) is 12.6. The highest BCUT2D eigenvalue weighted by molar-refractivity contribution is 7.07. The Labute approximate surface area is 118 Å². The molecule has 0 saturated heterocycles. The Hall–Kier alpha value is -0.830. The molecule has 2 aromatic rings. The third kappa shape index (κ3) is 3.84. The summed E-state index contributed by atoms with van der Waals surface area (Å²) in [5.74, 6) is 0. The number of halogens is 1. The summed E-state index contributed by atoms with van der Waals surface area (Å²) in [7, 11) is 0. The molecule has 0 aliphatic heterocycles. The molecule has 2 rings (SSSR count). The molecule has 1 N–H and O–H groups in total. The first kappa shape index (κ1) is 13.6. The molecule has 0 amide bonds. The van der Waals surface area contributed by atoms with E-state index in [9.17, 15) is 0 Å². The average molecular weight is 280 g/mol. The van der Waals surface area contributed by atoms with Crippen molar-refractivity contribution in [2.24, 2.45) is 0 Å². The summed E-state index contributed by atoms with van der Waals surface area (Å²) in [5.41, 5.74) is 2.62. The lowest BCUT2D eigenvalue weighted by molar-refractivity contribution is 0.522. The summed E-state index contributed by atoms with van der Waals surface area (Å²) in [6.07, 6.45) is 2.03. The molecule has 1 aromatic heterocycles. The topological polar surface area (TPSA) is 12.0 Å². The first-order valence-electron chi connectivity index (χ1n) is 6.27. The summed E-state index contributed by atoms with van der Waals surface area (Å²) < 4.78 is 0. The zero-order chi connectivity index (χ0) is 12.8. The highest BCUT2D eigenvalue weighted by Gasteiger charge is 2.11. The van der Waals surface area contributed by atoms with E-state index in [0.717, 1.165) is 24.4 Å². The lowest BCUT2D eigenvalue weighted by Crippen LogP contribution is -2.33. The van der Waals surface area contributed by atoms with E-state index in [0.29, 0.717) is 6.04 Å². The van der Waals surface area contributed by atoms with Crippen LogP contribution in [0, 0.1) is 0 Å². The van der Waals surface area contributed by atoms with Crippen molar-refractivity contribution in [3.8, 4) is 0 Å². The highest BCUT2D eigenvalue weighted by atomic mass is 35.5. The number of hydrogen-bond donors (Lipinski definition) is 1. The van der Waals surface area contributed by atoms with Gasteiger partial charge in [-0.15, -0.1) is 0 Å². The van der Waals surface area contributed by atoms with Crippen LogP contribution in [0.1, 0.15) is 18.1 Å². The van der Waals surface area contributed by atoms with Gasteiger partial charge in [0.15, 0.2) is 0 Å². The van der Waals surface area contributed by atoms with Crippen molar-refractivity contribution in [1.29, 1.82) is 0 Å². The van der Waals surface area contributed by atoms with E-state index < -0.39 is 0 Å². The SMILES string of the molecule is CCNC(Cc1ccsc1)Cc1ccccc1Cl. The van der Waals surface area contributed by atoms with E-state index in [4.69, 9.17) is 11.6 Å². The number of benzene rings is 1. The van der Waals surface area contributed by atoms with E-state index in [2.05, 4.69) is 41.2 Å². The molecule has 18 heavy (non-hydrogen) atoms. The summed E-state index contributed by atoms with van der Waals surface area (Å²) in [6.45, 7) is 3.13. The molecule has 0 spiro atoms. The summed E-state index contributed by atoms with van der Waals surface area (Å²) >= 11 is 7.98. The second-order valence-electron chi connectivity index (χ2n) is 4.39. The Kier molecular flexibility index (Phi) is 5.24. The predicted octanol–water partition coefficient (Wildman–Crippen LogP) is 4.16. The molecule has 96 valence electrons. The first-order chi connectivity index (χ1) is 8.79. The molecular formula is C15H18ClNS. The van der Waals surface area contributed by atoms with Gasteiger partial charge >= 0.3 is 0 Å². The molecule has 1 atom stereocenters. The van der Waals surface area contributed by atoms with Crippen molar-refractivity contribution >= 4 is 22.9 Å². The van der Waals surface area contributed by atoms with Crippen LogP contribution >= 0.6 is 22.9 Å². The van der Waals surface area contributed by atoms with Gasteiger partial charge in [0.1, 0.15) is 0 Å². The van der Waals surface area contributed by atoms with Crippen LogP contribution in [-0.4, -0.2) is 12.6 Å². The van der Waals surface area contributed by atoms with Crippen molar-refractivity contribution in [3.05, 3.63) is 57.2 Å². The maximum Gasteiger partial charge on any atom is 0.0438 e. The van der Waals surface area contributed by atoms with Gasteiger partial charge in [-0.1, -0.05) is 36.7 Å². The molecule has 0 aliphatic rings. The van der Waals surface area contributed by atoms with Crippen LogP contribution in [0.4, 0.5) is 0 Å². The predicted molar refractivity (Wildman–Crippen MR) is 80.6 cm³/mol. The van der Waals surface area contributed by atoms with Gasteiger partial charge in [-0.05, 0) is 53.4 Å². The Morgan fingerprint density at radius 3 is 2.72 bits per heavy atom. The van der Waals surface area contributed by atoms with Gasteiger partial charge in [0.25, 0.3) is 0 Å². The third-order valence-electron chi connectivity index (χ3n) is 2.98. The van der Waals surface area contributed by atoms with Crippen LogP contribution in [0.2, 0.25) is 5.02 Å². The van der Waals surface area contributed by atoms with E-state index >= 15 is 0 Å². The summed E-state index contributed by atoms with van der Waals surface area (Å²) in [5, 5.41) is 8.76. The second-order valence-corrected chi connectivity index (χ2v) is 5.57. The first-order valence-corrected chi connectivity index (χ1v) is 7.59. The minimum absolute atomic E-state index is 0.449. The van der Waals surface area contributed by atoms with Crippen molar-refractivity contribution in [2.45, 2.75) is 25.8 Å². The lowest BCUT2D eigenvalue weighted by Gasteiger charge is -2.18. The number of rotatable bonds is 6. The monoisotopic (exact) mass is 279 g/mol. The number of likely N-dealkylation sites (N-methyl/N-ethyl adjacent to an activating group) is 1. The number of nitrogens with one attached hydrogen (secondary N) is 1. The summed E-state index contributed by atoms with van der Waals surface area (Å²) in [6, 6.07) is 10.7. The van der Waals surface area contributed by atoms with Crippen molar-refractivity contribution < 1.29 is 0 Å². The van der Waals surface area contributed by atoms with Gasteiger partial charge in [-0.2, -0.15) is 11.3 Å². The molecule has 0 fully saturated rings. The maximum absolute atomic E-state index is 6.22. The van der Waals surface area contributed by atoms with E-state index in [1.54, 1.807) is 11.3 Å². The molecule has 1 nitrogen and oxygen atoms in total. The number of thiophene rings is 1. The standard InChI is InChI=1S/C15H18ClNS/c1-2-17-14(9-12-7-8-18-11-12)10-13-5-3-4-6-15(13)16/h3-8,11,14,17H,2,9-10H2,1H3. The van der Waals surface area contributed by atoms with Gasteiger partial charge in [0, 0.05) is 11.1 Å². The van der Waals surface area contributed by atoms with Crippen LogP contribution in [0.5, 0.6) is 0 Å². The van der Waals surface area contributed by atoms with Crippen LogP contribution < -0.4 is 5.32 Å². The lowest BCUT2D eigenvalue weighted by atomic mass is 10.0. The van der Waals surface area contributed by atoms with Crippen LogP contribution in [0.25, 0.3) is 0 Å². The fourth-order valence-corrected chi connectivity index (χ4v) is 3.02. The minimum Gasteiger partial charge on any atom is -0.314 e. The van der Waals surface area contributed by atoms with Crippen LogP contribution in [-0.2, 0) is 12.8 Å². The molecule has 1 heterocycles. The fourth-order valence-electron chi connectivity index (χ4n) is 2.13. The van der Waals surface area contributed by atoms with Crippen molar-refractivity contribution in [3.63, 3.8) is 0 Å². The summed E-state index contributed by atoms with van der Waals surface area (Å²) in [4.78, 5) is 0. The van der Waals surface area contributed by atoms with Crippen molar-refractivity contribution in [2.75, 3.05) is 6.54 Å². The Bertz CT molecular complexity index is 467. The molecular weight excluding hydrogens is 262 g/mol. The maximum atomic E-state index is 6.22. The Morgan fingerprint density at radius 2 is 2.06 bits per heavy atom. The molecule has 0 saturated carbocycles. The molecule has 1 unspecified atom stereocenters. The van der Waals surface area contributed by atoms with Gasteiger partial charge in [0.2, 0.25) is 0 Å². The van der Waals surface area contributed by atoms with E-state index in [1.165, 1.54) is 11.1 Å². The Morgan fingerprint density at radius 1 is 1.22 bits per heavy atom. The van der Waals surface area contributed by atoms with E-state index in [-0.39, 0.29) is 0 Å². The van der Waals surface area contributed by atoms with Gasteiger partial charge in [-0.25, -0.2) is 0 Å². The Balaban J connectivity index is 2.04. The molecule has 0 aliphatic carbocycles. The third-order valence-corrected chi connectivity index (χ3v) is 4.08. The smallest absolute Gasteiger partial charge is 0.0438 e. The van der Waals surface area contributed by atoms with Gasteiger partial charge < -0.3 is 5.32 Å². The van der Waals surface area contributed by atoms with E-state index in [1.807, 2.05) is 12.1 Å². The molecule has 1 aromatic carbocycles. The van der Waals surface area contributed by atoms with Crippen LogP contribution in [0.15, 0.2) is 41.1 Å². The van der Waals surface area contributed by atoms with Crippen LogP contribution in [0.3, 0.4) is 0 Å². The minimum atomic E-state index is 0.449.